The minimum absolute atomic E-state index is 0.202. The van der Waals surface area contributed by atoms with Crippen LogP contribution in [0.2, 0.25) is 0 Å². The molecule has 2 aromatic carbocycles. The van der Waals surface area contributed by atoms with Crippen molar-refractivity contribution in [3.63, 3.8) is 0 Å². The quantitative estimate of drug-likeness (QED) is 0.792. The van der Waals surface area contributed by atoms with Gasteiger partial charge in [-0.2, -0.15) is 0 Å². The molecule has 0 heterocycles. The van der Waals surface area contributed by atoms with Gasteiger partial charge in [0.25, 0.3) is 5.91 Å². The van der Waals surface area contributed by atoms with Gasteiger partial charge in [0.2, 0.25) is 0 Å². The average Bonchev–Trinajstić information content (AvgIpc) is 2.34. The number of carbonyl (C=O) groups excluding carboxylic acids is 1. The van der Waals surface area contributed by atoms with Crippen LogP contribution in [0.3, 0.4) is 0 Å². The fourth-order valence-corrected chi connectivity index (χ4v) is 1.79. The molecular formula is C15H15NO2. The van der Waals surface area contributed by atoms with Gasteiger partial charge in [-0.05, 0) is 49.1 Å². The summed E-state index contributed by atoms with van der Waals surface area (Å²) in [7, 11) is 0. The lowest BCUT2D eigenvalue weighted by Gasteiger charge is -2.09. The first-order chi connectivity index (χ1) is 8.49. The van der Waals surface area contributed by atoms with Gasteiger partial charge in [0.1, 0.15) is 5.75 Å². The number of benzene rings is 2. The van der Waals surface area contributed by atoms with Crippen LogP contribution in [0.25, 0.3) is 10.8 Å². The predicted molar refractivity (Wildman–Crippen MR) is 73.8 cm³/mol. The molecule has 0 saturated carbocycles. The maximum atomic E-state index is 11.5. The molecule has 2 aromatic rings. The Labute approximate surface area is 106 Å². The van der Waals surface area contributed by atoms with E-state index < -0.39 is 0 Å². The Hall–Kier alpha value is -2.29. The van der Waals surface area contributed by atoms with Crippen LogP contribution in [0, 0.1) is 6.92 Å². The van der Waals surface area contributed by atoms with Crippen molar-refractivity contribution in [2.75, 3.05) is 5.32 Å². The summed E-state index contributed by atoms with van der Waals surface area (Å²) >= 11 is 0. The van der Waals surface area contributed by atoms with Gasteiger partial charge in [-0.3, -0.25) is 4.79 Å². The lowest BCUT2D eigenvalue weighted by Crippen LogP contribution is -2.11. The molecule has 18 heavy (non-hydrogen) atoms. The molecule has 0 saturated heterocycles. The highest BCUT2D eigenvalue weighted by Crippen LogP contribution is 2.29. The van der Waals surface area contributed by atoms with Crippen LogP contribution in [0.4, 0.5) is 5.69 Å². The Morgan fingerprint density at radius 1 is 1.22 bits per heavy atom. The van der Waals surface area contributed by atoms with Crippen molar-refractivity contribution in [1.29, 1.82) is 0 Å². The Balaban J connectivity index is 2.47. The molecule has 2 rings (SSSR count). The van der Waals surface area contributed by atoms with Crippen LogP contribution in [0.15, 0.2) is 42.5 Å². The van der Waals surface area contributed by atoms with E-state index in [-0.39, 0.29) is 11.7 Å². The van der Waals surface area contributed by atoms with Gasteiger partial charge in [0, 0.05) is 16.6 Å². The summed E-state index contributed by atoms with van der Waals surface area (Å²) in [4.78, 5) is 11.5. The van der Waals surface area contributed by atoms with Gasteiger partial charge in [0.15, 0.2) is 0 Å². The number of hydrogen-bond donors (Lipinski definition) is 2. The lowest BCUT2D eigenvalue weighted by atomic mass is 10.0. The molecule has 0 spiro atoms. The number of amides is 1. The first-order valence-corrected chi connectivity index (χ1v) is 5.68. The van der Waals surface area contributed by atoms with E-state index in [9.17, 15) is 9.90 Å². The van der Waals surface area contributed by atoms with Gasteiger partial charge in [-0.15, -0.1) is 0 Å². The largest absolute Gasteiger partial charge is 0.507 e. The molecule has 3 heteroatoms. The monoisotopic (exact) mass is 241 g/mol. The fraction of sp³-hybridized carbons (Fsp3) is 0.133. The summed E-state index contributed by atoms with van der Waals surface area (Å²) in [6.45, 7) is 7.22. The van der Waals surface area contributed by atoms with Crippen LogP contribution >= 0.6 is 0 Å². The van der Waals surface area contributed by atoms with E-state index in [0.29, 0.717) is 11.3 Å². The van der Waals surface area contributed by atoms with Crippen molar-refractivity contribution in [3.05, 3.63) is 48.0 Å². The second-order valence-electron chi connectivity index (χ2n) is 4.40. The molecule has 0 aliphatic rings. The number of carbonyl (C=O) groups is 1. The molecule has 0 aromatic heterocycles. The number of phenols is 1. The zero-order valence-corrected chi connectivity index (χ0v) is 10.4. The highest BCUT2D eigenvalue weighted by Gasteiger charge is 2.06. The number of fused-ring (bicyclic) bond motifs is 1. The molecule has 92 valence electrons. The Morgan fingerprint density at radius 3 is 2.61 bits per heavy atom. The highest BCUT2D eigenvalue weighted by atomic mass is 16.3. The van der Waals surface area contributed by atoms with Crippen molar-refractivity contribution in [2.45, 2.75) is 13.8 Å². The van der Waals surface area contributed by atoms with E-state index in [2.05, 4.69) is 11.9 Å². The number of anilines is 1. The van der Waals surface area contributed by atoms with Crippen LogP contribution < -0.4 is 5.32 Å². The minimum atomic E-state index is -0.202. The molecule has 2 N–H and O–H groups in total. The van der Waals surface area contributed by atoms with Crippen molar-refractivity contribution in [2.24, 2.45) is 0 Å². The smallest absolute Gasteiger partial charge is 0.250 e. The maximum absolute atomic E-state index is 11.5. The topological polar surface area (TPSA) is 49.3 Å². The van der Waals surface area contributed by atoms with E-state index in [4.69, 9.17) is 0 Å². The Kier molecular flexibility index (Phi) is 3.06. The molecule has 0 fully saturated rings. The summed E-state index contributed by atoms with van der Waals surface area (Å²) in [5.74, 6) is 0.0422. The van der Waals surface area contributed by atoms with Gasteiger partial charge in [-0.25, -0.2) is 0 Å². The second kappa shape index (κ2) is 4.53. The minimum Gasteiger partial charge on any atom is -0.507 e. The molecule has 0 aliphatic heterocycles. The van der Waals surface area contributed by atoms with Crippen molar-refractivity contribution < 1.29 is 9.90 Å². The first-order valence-electron chi connectivity index (χ1n) is 5.68. The predicted octanol–water partition coefficient (Wildman–Crippen LogP) is 3.37. The fourth-order valence-electron chi connectivity index (χ4n) is 1.79. The van der Waals surface area contributed by atoms with E-state index in [1.54, 1.807) is 25.1 Å². The first kappa shape index (κ1) is 12.2. The van der Waals surface area contributed by atoms with Crippen LogP contribution in [0.1, 0.15) is 12.5 Å². The molecule has 0 radical (unpaired) electrons. The Bertz CT molecular complexity index is 644. The molecule has 1 amide bonds. The van der Waals surface area contributed by atoms with E-state index in [0.717, 1.165) is 16.3 Å². The van der Waals surface area contributed by atoms with E-state index in [1.807, 2.05) is 19.1 Å². The van der Waals surface area contributed by atoms with Gasteiger partial charge in [-0.1, -0.05) is 12.6 Å². The van der Waals surface area contributed by atoms with Gasteiger partial charge < -0.3 is 10.4 Å². The molecule has 3 nitrogen and oxygen atoms in total. The summed E-state index contributed by atoms with van der Waals surface area (Å²) in [6, 6.07) is 8.94. The number of hydrogen-bond acceptors (Lipinski definition) is 2. The standard InChI is InChI=1S/C15H15NO2/c1-9(2)15(18)16-11-5-6-12-13(8-11)10(3)4-7-14(12)17/h4-8,17H,1H2,2-3H3,(H,16,18). The number of nitrogens with one attached hydrogen (secondary N) is 1. The highest BCUT2D eigenvalue weighted by molar-refractivity contribution is 6.04. The van der Waals surface area contributed by atoms with E-state index >= 15 is 0 Å². The zero-order valence-electron chi connectivity index (χ0n) is 10.4. The Morgan fingerprint density at radius 2 is 1.94 bits per heavy atom. The van der Waals surface area contributed by atoms with Gasteiger partial charge in [0.05, 0.1) is 0 Å². The van der Waals surface area contributed by atoms with Crippen LogP contribution in [-0.2, 0) is 4.79 Å². The zero-order chi connectivity index (χ0) is 13.3. The van der Waals surface area contributed by atoms with E-state index in [1.165, 1.54) is 0 Å². The third kappa shape index (κ3) is 2.20. The van der Waals surface area contributed by atoms with Crippen LogP contribution in [0.5, 0.6) is 5.75 Å². The third-order valence-corrected chi connectivity index (χ3v) is 2.86. The van der Waals surface area contributed by atoms with Gasteiger partial charge >= 0.3 is 0 Å². The summed E-state index contributed by atoms with van der Waals surface area (Å²) < 4.78 is 0. The van der Waals surface area contributed by atoms with Crippen molar-refractivity contribution in [1.82, 2.24) is 0 Å². The number of aryl methyl sites for hydroxylation is 1. The average molecular weight is 241 g/mol. The maximum Gasteiger partial charge on any atom is 0.250 e. The third-order valence-electron chi connectivity index (χ3n) is 2.86. The second-order valence-corrected chi connectivity index (χ2v) is 4.40. The van der Waals surface area contributed by atoms with Crippen LogP contribution in [-0.4, -0.2) is 11.0 Å². The summed E-state index contributed by atoms with van der Waals surface area (Å²) in [5, 5.41) is 14.2. The normalized spacial score (nSPS) is 10.3. The SMILES string of the molecule is C=C(C)C(=O)Nc1ccc2c(O)ccc(C)c2c1. The number of rotatable bonds is 2. The molecule has 0 aliphatic carbocycles. The van der Waals surface area contributed by atoms with Crippen molar-refractivity contribution in [3.8, 4) is 5.75 Å². The number of aromatic hydroxyl groups is 1. The molecular weight excluding hydrogens is 226 g/mol. The summed E-state index contributed by atoms with van der Waals surface area (Å²) in [5.41, 5.74) is 2.21. The number of phenolic OH excluding ortho intramolecular Hbond substituents is 1. The van der Waals surface area contributed by atoms with Crippen molar-refractivity contribution >= 4 is 22.4 Å². The summed E-state index contributed by atoms with van der Waals surface area (Å²) in [6.07, 6.45) is 0. The lowest BCUT2D eigenvalue weighted by molar-refractivity contribution is -0.112. The molecule has 0 atom stereocenters. The molecule has 0 bridgehead atoms. The molecule has 0 unspecified atom stereocenters.